The third-order valence-electron chi connectivity index (χ3n) is 6.42. The first kappa shape index (κ1) is 20.5. The summed E-state index contributed by atoms with van der Waals surface area (Å²) in [6.07, 6.45) is 0.562. The van der Waals surface area contributed by atoms with Gasteiger partial charge in [0.1, 0.15) is 5.82 Å². The lowest BCUT2D eigenvalue weighted by atomic mass is 10.1. The third kappa shape index (κ3) is 3.91. The van der Waals surface area contributed by atoms with Crippen LogP contribution in [-0.4, -0.2) is 50.7 Å². The number of nitrogens with zero attached hydrogens (tertiary/aromatic N) is 5. The molecule has 0 amide bonds. The SMILES string of the molecule is Cc1nc2nc(C(C)N3CCN(c4ccccc4)CC3)[nH]n2c(=O)c1Cc1ccccc1. The van der Waals surface area contributed by atoms with Crippen LogP contribution in [0, 0.1) is 6.92 Å². The standard InChI is InChI=1S/C25H28N6O/c1-18-22(17-20-9-5-3-6-10-20)24(32)31-25(26-18)27-23(28-31)19(2)29-13-15-30(16-14-29)21-11-7-4-8-12-21/h3-12,19H,13-17H2,1-2H3,(H,26,27,28). The minimum atomic E-state index is -0.0730. The van der Waals surface area contributed by atoms with E-state index in [9.17, 15) is 4.79 Å². The number of aryl methyl sites for hydroxylation is 1. The Morgan fingerprint density at radius 2 is 1.59 bits per heavy atom. The Labute approximate surface area is 187 Å². The summed E-state index contributed by atoms with van der Waals surface area (Å²) < 4.78 is 1.50. The summed E-state index contributed by atoms with van der Waals surface area (Å²) in [6.45, 7) is 7.83. The van der Waals surface area contributed by atoms with Crippen LogP contribution in [0.3, 0.4) is 0 Å². The Kier molecular flexibility index (Phi) is 5.49. The number of rotatable bonds is 5. The van der Waals surface area contributed by atoms with Crippen molar-refractivity contribution in [1.29, 1.82) is 0 Å². The van der Waals surface area contributed by atoms with Gasteiger partial charge in [-0.3, -0.25) is 14.8 Å². The maximum atomic E-state index is 13.2. The highest BCUT2D eigenvalue weighted by Gasteiger charge is 2.25. The normalized spacial score (nSPS) is 15.9. The Hall–Kier alpha value is -3.45. The Morgan fingerprint density at radius 1 is 0.938 bits per heavy atom. The molecule has 5 rings (SSSR count). The fourth-order valence-electron chi connectivity index (χ4n) is 4.44. The summed E-state index contributed by atoms with van der Waals surface area (Å²) in [5, 5.41) is 3.23. The quantitative estimate of drug-likeness (QED) is 0.529. The number of para-hydroxylation sites is 1. The van der Waals surface area contributed by atoms with Crippen molar-refractivity contribution < 1.29 is 0 Å². The molecule has 32 heavy (non-hydrogen) atoms. The summed E-state index contributed by atoms with van der Waals surface area (Å²) in [4.78, 5) is 27.3. The van der Waals surface area contributed by atoms with Gasteiger partial charge in [-0.2, -0.15) is 9.50 Å². The summed E-state index contributed by atoms with van der Waals surface area (Å²) in [7, 11) is 0. The average Bonchev–Trinajstić information content (AvgIpc) is 3.27. The molecule has 1 unspecified atom stereocenters. The maximum absolute atomic E-state index is 13.2. The second kappa shape index (κ2) is 8.59. The van der Waals surface area contributed by atoms with Gasteiger partial charge in [0.25, 0.3) is 11.3 Å². The lowest BCUT2D eigenvalue weighted by Gasteiger charge is -2.38. The first-order valence-electron chi connectivity index (χ1n) is 11.2. The molecule has 7 nitrogen and oxygen atoms in total. The number of nitrogens with one attached hydrogen (secondary N) is 1. The predicted octanol–water partition coefficient (Wildman–Crippen LogP) is 3.20. The van der Waals surface area contributed by atoms with Crippen LogP contribution in [-0.2, 0) is 6.42 Å². The van der Waals surface area contributed by atoms with Crippen molar-refractivity contribution in [3.8, 4) is 0 Å². The van der Waals surface area contributed by atoms with E-state index in [0.29, 0.717) is 17.8 Å². The van der Waals surface area contributed by atoms with Gasteiger partial charge >= 0.3 is 0 Å². The molecule has 1 fully saturated rings. The fourth-order valence-corrected chi connectivity index (χ4v) is 4.44. The molecule has 1 aliphatic rings. The lowest BCUT2D eigenvalue weighted by Crippen LogP contribution is -2.47. The molecule has 2 aromatic carbocycles. The van der Waals surface area contributed by atoms with Crippen LogP contribution in [0.1, 0.15) is 35.6 Å². The summed E-state index contributed by atoms with van der Waals surface area (Å²) >= 11 is 0. The molecule has 1 aliphatic heterocycles. The highest BCUT2D eigenvalue weighted by Crippen LogP contribution is 2.22. The van der Waals surface area contributed by atoms with Crippen molar-refractivity contribution in [2.24, 2.45) is 0 Å². The molecule has 0 aliphatic carbocycles. The number of fused-ring (bicyclic) bond motifs is 1. The van der Waals surface area contributed by atoms with Gasteiger partial charge in [-0.1, -0.05) is 48.5 Å². The molecular formula is C25H28N6O. The van der Waals surface area contributed by atoms with E-state index in [1.807, 2.05) is 43.3 Å². The zero-order valence-electron chi connectivity index (χ0n) is 18.5. The van der Waals surface area contributed by atoms with E-state index >= 15 is 0 Å². The molecule has 0 saturated carbocycles. The topological polar surface area (TPSA) is 69.5 Å². The smallest absolute Gasteiger partial charge is 0.277 e. The zero-order chi connectivity index (χ0) is 22.1. The Bertz CT molecular complexity index is 1260. The zero-order valence-corrected chi connectivity index (χ0v) is 18.5. The molecule has 0 bridgehead atoms. The van der Waals surface area contributed by atoms with Gasteiger partial charge in [0.05, 0.1) is 11.7 Å². The van der Waals surface area contributed by atoms with E-state index in [-0.39, 0.29) is 11.6 Å². The molecule has 1 N–H and O–H groups in total. The van der Waals surface area contributed by atoms with Gasteiger partial charge in [-0.05, 0) is 31.5 Å². The molecule has 1 saturated heterocycles. The van der Waals surface area contributed by atoms with Crippen LogP contribution in [0.4, 0.5) is 5.69 Å². The van der Waals surface area contributed by atoms with Crippen LogP contribution in [0.25, 0.3) is 5.78 Å². The summed E-state index contributed by atoms with van der Waals surface area (Å²) in [5.41, 5.74) is 3.73. The molecule has 0 spiro atoms. The number of anilines is 1. The van der Waals surface area contributed by atoms with Crippen molar-refractivity contribution in [3.05, 3.63) is 93.7 Å². The lowest BCUT2D eigenvalue weighted by molar-refractivity contribution is 0.192. The van der Waals surface area contributed by atoms with Gasteiger partial charge in [0, 0.05) is 43.9 Å². The Balaban J connectivity index is 1.36. The molecule has 1 atom stereocenters. The molecule has 3 heterocycles. The number of aromatic amines is 1. The molecular weight excluding hydrogens is 400 g/mol. The van der Waals surface area contributed by atoms with Crippen LogP contribution < -0.4 is 10.5 Å². The van der Waals surface area contributed by atoms with Gasteiger partial charge in [0.15, 0.2) is 0 Å². The second-order valence-corrected chi connectivity index (χ2v) is 8.42. The summed E-state index contributed by atoms with van der Waals surface area (Å²) in [5.74, 6) is 1.22. The van der Waals surface area contributed by atoms with Crippen molar-refractivity contribution in [3.63, 3.8) is 0 Å². The van der Waals surface area contributed by atoms with Crippen LogP contribution >= 0.6 is 0 Å². The number of H-pyrrole nitrogens is 1. The molecule has 4 aromatic rings. The fraction of sp³-hybridized carbons (Fsp3) is 0.320. The number of benzene rings is 2. The van der Waals surface area contributed by atoms with E-state index in [2.05, 4.69) is 56.1 Å². The van der Waals surface area contributed by atoms with E-state index < -0.39 is 0 Å². The minimum Gasteiger partial charge on any atom is -0.369 e. The second-order valence-electron chi connectivity index (χ2n) is 8.42. The molecule has 0 radical (unpaired) electrons. The highest BCUT2D eigenvalue weighted by atomic mass is 16.1. The van der Waals surface area contributed by atoms with Crippen molar-refractivity contribution in [2.45, 2.75) is 26.3 Å². The minimum absolute atomic E-state index is 0.0730. The highest BCUT2D eigenvalue weighted by molar-refractivity contribution is 5.46. The first-order valence-corrected chi connectivity index (χ1v) is 11.2. The van der Waals surface area contributed by atoms with E-state index in [0.717, 1.165) is 43.3 Å². The van der Waals surface area contributed by atoms with E-state index in [1.165, 1.54) is 10.2 Å². The van der Waals surface area contributed by atoms with Crippen molar-refractivity contribution >= 4 is 11.5 Å². The number of piperazine rings is 1. The van der Waals surface area contributed by atoms with E-state index in [4.69, 9.17) is 0 Å². The number of aromatic nitrogens is 4. The van der Waals surface area contributed by atoms with Crippen LogP contribution in [0.2, 0.25) is 0 Å². The summed E-state index contributed by atoms with van der Waals surface area (Å²) in [6, 6.07) is 20.6. The van der Waals surface area contributed by atoms with E-state index in [1.54, 1.807) is 0 Å². The Morgan fingerprint density at radius 3 is 2.28 bits per heavy atom. The van der Waals surface area contributed by atoms with Gasteiger partial charge in [-0.15, -0.1) is 0 Å². The molecule has 7 heteroatoms. The predicted molar refractivity (Wildman–Crippen MR) is 126 cm³/mol. The van der Waals surface area contributed by atoms with Crippen LogP contribution in [0.5, 0.6) is 0 Å². The largest absolute Gasteiger partial charge is 0.369 e. The van der Waals surface area contributed by atoms with Gasteiger partial charge in [0.2, 0.25) is 0 Å². The number of hydrogen-bond acceptors (Lipinski definition) is 5. The van der Waals surface area contributed by atoms with Crippen LogP contribution in [0.15, 0.2) is 65.5 Å². The molecule has 164 valence electrons. The maximum Gasteiger partial charge on any atom is 0.277 e. The average molecular weight is 429 g/mol. The van der Waals surface area contributed by atoms with Gasteiger partial charge in [-0.25, -0.2) is 4.98 Å². The molecule has 2 aromatic heterocycles. The monoisotopic (exact) mass is 428 g/mol. The first-order chi connectivity index (χ1) is 15.6. The van der Waals surface area contributed by atoms with Crippen molar-refractivity contribution in [1.82, 2.24) is 24.5 Å². The third-order valence-corrected chi connectivity index (χ3v) is 6.42. The van der Waals surface area contributed by atoms with Gasteiger partial charge < -0.3 is 4.90 Å². The van der Waals surface area contributed by atoms with Crippen molar-refractivity contribution in [2.75, 3.05) is 31.1 Å². The number of hydrogen-bond donors (Lipinski definition) is 1.